The van der Waals surface area contributed by atoms with Crippen LogP contribution in [0.15, 0.2) is 0 Å². The number of amides is 1. The molecule has 10 nitrogen and oxygen atoms in total. The molecule has 1 aliphatic heterocycles. The molecule has 0 bridgehead atoms. The van der Waals surface area contributed by atoms with E-state index < -0.39 is 48.6 Å². The van der Waals surface area contributed by atoms with E-state index in [2.05, 4.69) is 5.32 Å². The van der Waals surface area contributed by atoms with Gasteiger partial charge in [0.2, 0.25) is 5.91 Å². The van der Waals surface area contributed by atoms with Crippen molar-refractivity contribution in [3.63, 3.8) is 0 Å². The lowest BCUT2D eigenvalue weighted by molar-refractivity contribution is -0.296. The lowest BCUT2D eigenvalue weighted by atomic mass is 9.97. The van der Waals surface area contributed by atoms with Crippen LogP contribution in [0.2, 0.25) is 0 Å². The fourth-order valence-corrected chi connectivity index (χ4v) is 3.74. The summed E-state index contributed by atoms with van der Waals surface area (Å²) < 4.78 is 27.0. The summed E-state index contributed by atoms with van der Waals surface area (Å²) in [6, 6.07) is 0. The summed E-state index contributed by atoms with van der Waals surface area (Å²) in [7, 11) is 1.34. The summed E-state index contributed by atoms with van der Waals surface area (Å²) >= 11 is 0. The summed E-state index contributed by atoms with van der Waals surface area (Å²) in [6.07, 6.45) is -1.67. The van der Waals surface area contributed by atoms with Crippen molar-refractivity contribution in [2.24, 2.45) is 5.92 Å². The number of hydrogen-bond acceptors (Lipinski definition) is 9. The maximum Gasteiger partial charge on any atom is 0.303 e. The third kappa shape index (κ3) is 6.40. The molecular formula is C19H29NO9. The van der Waals surface area contributed by atoms with Gasteiger partial charge in [-0.1, -0.05) is 12.8 Å². The zero-order valence-corrected chi connectivity index (χ0v) is 17.2. The molecule has 0 aromatic heterocycles. The van der Waals surface area contributed by atoms with Gasteiger partial charge in [-0.15, -0.1) is 0 Å². The summed E-state index contributed by atoms with van der Waals surface area (Å²) in [4.78, 5) is 47.2. The number of methoxy groups -OCH3 is 1. The van der Waals surface area contributed by atoms with Gasteiger partial charge in [0.15, 0.2) is 24.6 Å². The topological polar surface area (TPSA) is 126 Å². The maximum absolute atomic E-state index is 12.4. The van der Waals surface area contributed by atoms with Gasteiger partial charge >= 0.3 is 17.9 Å². The molecule has 1 aliphatic carbocycles. The van der Waals surface area contributed by atoms with Crippen LogP contribution in [0.4, 0.5) is 0 Å². The van der Waals surface area contributed by atoms with Gasteiger partial charge in [0.1, 0.15) is 6.10 Å². The highest BCUT2D eigenvalue weighted by Crippen LogP contribution is 2.29. The molecule has 2 unspecified atom stereocenters. The molecule has 2 rings (SSSR count). The van der Waals surface area contributed by atoms with E-state index in [1.807, 2.05) is 0 Å². The fraction of sp³-hybridized carbons (Fsp3) is 0.789. The molecule has 0 radical (unpaired) electrons. The molecule has 164 valence electrons. The van der Waals surface area contributed by atoms with Gasteiger partial charge in [0.05, 0.1) is 0 Å². The molecule has 1 amide bonds. The highest BCUT2D eigenvalue weighted by Gasteiger charge is 2.52. The Labute approximate surface area is 169 Å². The quantitative estimate of drug-likeness (QED) is 0.466. The van der Waals surface area contributed by atoms with Crippen molar-refractivity contribution in [2.45, 2.75) is 77.2 Å². The average molecular weight is 415 g/mol. The fourth-order valence-electron chi connectivity index (χ4n) is 3.74. The number of carbonyl (C=O) groups is 4. The standard InChI is InChI=1S/C19H29NO9/c1-10(21)26-15-14(9-20-18(24)13-7-5-6-8-13)29-19(25-4)17(28-12(3)23)16(15)27-11(2)22/h13-17,19H,5-9H2,1-4H3,(H,20,24)/t14?,15-,16+,17?,19+/m1/s1. The summed E-state index contributed by atoms with van der Waals surface area (Å²) in [5.41, 5.74) is 0. The van der Waals surface area contributed by atoms with Crippen molar-refractivity contribution < 1.29 is 42.9 Å². The monoisotopic (exact) mass is 415 g/mol. The summed E-state index contributed by atoms with van der Waals surface area (Å²) in [5.74, 6) is -2.10. The molecule has 1 heterocycles. The molecule has 1 N–H and O–H groups in total. The molecule has 1 saturated heterocycles. The first kappa shape index (κ1) is 23.1. The van der Waals surface area contributed by atoms with E-state index in [0.29, 0.717) is 0 Å². The van der Waals surface area contributed by atoms with E-state index in [1.165, 1.54) is 27.9 Å². The zero-order valence-electron chi connectivity index (χ0n) is 17.2. The number of ether oxygens (including phenoxy) is 5. The van der Waals surface area contributed by atoms with Crippen LogP contribution < -0.4 is 5.32 Å². The van der Waals surface area contributed by atoms with Gasteiger partial charge < -0.3 is 29.0 Å². The second-order valence-corrected chi connectivity index (χ2v) is 7.23. The van der Waals surface area contributed by atoms with E-state index in [-0.39, 0.29) is 18.4 Å². The molecule has 0 aromatic carbocycles. The Morgan fingerprint density at radius 2 is 1.38 bits per heavy atom. The lowest BCUT2D eigenvalue weighted by Gasteiger charge is -2.44. The molecular weight excluding hydrogens is 386 g/mol. The molecule has 29 heavy (non-hydrogen) atoms. The molecule has 0 aromatic rings. The Kier molecular flexibility index (Phi) is 8.39. The Hall–Kier alpha value is -2.20. The Morgan fingerprint density at radius 3 is 1.90 bits per heavy atom. The van der Waals surface area contributed by atoms with Crippen LogP contribution in [-0.2, 0) is 42.9 Å². The largest absolute Gasteiger partial charge is 0.456 e. The minimum Gasteiger partial charge on any atom is -0.456 e. The van der Waals surface area contributed by atoms with Gasteiger partial charge in [-0.05, 0) is 12.8 Å². The van der Waals surface area contributed by atoms with Gasteiger partial charge in [-0.3, -0.25) is 19.2 Å². The van der Waals surface area contributed by atoms with Crippen LogP contribution in [0.25, 0.3) is 0 Å². The maximum atomic E-state index is 12.4. The minimum atomic E-state index is -1.16. The lowest BCUT2D eigenvalue weighted by Crippen LogP contribution is -2.63. The smallest absolute Gasteiger partial charge is 0.303 e. The van der Waals surface area contributed by atoms with Crippen molar-refractivity contribution >= 4 is 23.8 Å². The van der Waals surface area contributed by atoms with E-state index in [0.717, 1.165) is 25.7 Å². The zero-order chi connectivity index (χ0) is 21.6. The van der Waals surface area contributed by atoms with Crippen LogP contribution >= 0.6 is 0 Å². The third-order valence-corrected chi connectivity index (χ3v) is 4.93. The second kappa shape index (κ2) is 10.5. The summed E-state index contributed by atoms with van der Waals surface area (Å²) in [6.45, 7) is 3.58. The van der Waals surface area contributed by atoms with Crippen LogP contribution in [-0.4, -0.2) is 68.2 Å². The number of esters is 3. The van der Waals surface area contributed by atoms with Crippen LogP contribution in [0.5, 0.6) is 0 Å². The predicted octanol–water partition coefficient (Wildman–Crippen LogP) is 0.459. The minimum absolute atomic E-state index is 0.0116. The second-order valence-electron chi connectivity index (χ2n) is 7.23. The van der Waals surface area contributed by atoms with Gasteiger partial charge in [0.25, 0.3) is 0 Å². The van der Waals surface area contributed by atoms with Crippen LogP contribution in [0.3, 0.4) is 0 Å². The number of carbonyl (C=O) groups excluding carboxylic acids is 4. The normalized spacial score (nSPS) is 29.7. The molecule has 2 fully saturated rings. The first-order valence-electron chi connectivity index (χ1n) is 9.70. The Balaban J connectivity index is 2.22. The SMILES string of the molecule is CO[C@H]1OC(CNC(=O)C2CCCC2)[C@@H](OC(C)=O)[C@H](OC(C)=O)C1OC(C)=O. The van der Waals surface area contributed by atoms with Crippen molar-refractivity contribution in [1.82, 2.24) is 5.32 Å². The molecule has 1 saturated carbocycles. The van der Waals surface area contributed by atoms with E-state index in [9.17, 15) is 19.2 Å². The highest BCUT2D eigenvalue weighted by atomic mass is 16.7. The van der Waals surface area contributed by atoms with Gasteiger partial charge in [-0.25, -0.2) is 0 Å². The first-order chi connectivity index (χ1) is 13.7. The molecule has 5 atom stereocenters. The van der Waals surface area contributed by atoms with Crippen molar-refractivity contribution in [2.75, 3.05) is 13.7 Å². The van der Waals surface area contributed by atoms with Crippen molar-refractivity contribution in [1.29, 1.82) is 0 Å². The van der Waals surface area contributed by atoms with E-state index in [1.54, 1.807) is 0 Å². The van der Waals surface area contributed by atoms with Crippen LogP contribution in [0.1, 0.15) is 46.5 Å². The predicted molar refractivity (Wildman–Crippen MR) is 97.3 cm³/mol. The number of rotatable bonds is 7. The average Bonchev–Trinajstić information content (AvgIpc) is 3.17. The van der Waals surface area contributed by atoms with Gasteiger partial charge in [0, 0.05) is 40.3 Å². The van der Waals surface area contributed by atoms with Gasteiger partial charge in [-0.2, -0.15) is 0 Å². The Bertz CT molecular complexity index is 617. The molecule has 0 spiro atoms. The summed E-state index contributed by atoms with van der Waals surface area (Å²) in [5, 5.41) is 2.81. The molecule has 2 aliphatic rings. The van der Waals surface area contributed by atoms with E-state index >= 15 is 0 Å². The molecule has 10 heteroatoms. The number of nitrogens with one attached hydrogen (secondary N) is 1. The Morgan fingerprint density at radius 1 is 0.862 bits per heavy atom. The van der Waals surface area contributed by atoms with Crippen molar-refractivity contribution in [3.05, 3.63) is 0 Å². The third-order valence-electron chi connectivity index (χ3n) is 4.93. The van der Waals surface area contributed by atoms with Crippen molar-refractivity contribution in [3.8, 4) is 0 Å². The number of hydrogen-bond donors (Lipinski definition) is 1. The van der Waals surface area contributed by atoms with E-state index in [4.69, 9.17) is 23.7 Å². The van der Waals surface area contributed by atoms with Crippen LogP contribution in [0, 0.1) is 5.92 Å². The highest BCUT2D eigenvalue weighted by molar-refractivity contribution is 5.78. The first-order valence-corrected chi connectivity index (χ1v) is 9.70.